The summed E-state index contributed by atoms with van der Waals surface area (Å²) in [5.74, 6) is 1.92. The largest absolute Gasteiger partial charge is 0.353 e. The Balaban J connectivity index is 1.47. The molecule has 0 saturated carbocycles. The van der Waals surface area contributed by atoms with Gasteiger partial charge < -0.3 is 9.80 Å². The maximum absolute atomic E-state index is 5.01. The van der Waals surface area contributed by atoms with Crippen LogP contribution in [0.1, 0.15) is 28.2 Å². The number of aromatic nitrogens is 5. The van der Waals surface area contributed by atoms with E-state index in [0.29, 0.717) is 0 Å². The fourth-order valence-corrected chi connectivity index (χ4v) is 4.50. The lowest BCUT2D eigenvalue weighted by Gasteiger charge is -2.36. The van der Waals surface area contributed by atoms with E-state index in [1.54, 1.807) is 0 Å². The summed E-state index contributed by atoms with van der Waals surface area (Å²) in [7, 11) is 0. The molecule has 1 saturated heterocycles. The summed E-state index contributed by atoms with van der Waals surface area (Å²) in [6.07, 6.45) is 0. The van der Waals surface area contributed by atoms with Crippen molar-refractivity contribution in [2.75, 3.05) is 36.0 Å². The quantitative estimate of drug-likeness (QED) is 0.491. The third-order valence-electron chi connectivity index (χ3n) is 6.08. The number of piperazine rings is 1. The minimum atomic E-state index is 0.829. The normalized spacial score (nSPS) is 14.4. The molecule has 1 aliphatic rings. The molecule has 0 spiro atoms. The summed E-state index contributed by atoms with van der Waals surface area (Å²) in [5.41, 5.74) is 8.43. The average Bonchev–Trinajstić information content (AvgIpc) is 3.09. The predicted octanol–water partition coefficient (Wildman–Crippen LogP) is 4.06. The molecule has 4 aromatic rings. The van der Waals surface area contributed by atoms with Crippen LogP contribution >= 0.6 is 0 Å². The lowest BCUT2D eigenvalue weighted by atomic mass is 10.1. The monoisotopic (exact) mass is 427 g/mol. The molecule has 0 aliphatic carbocycles. The summed E-state index contributed by atoms with van der Waals surface area (Å²) in [5, 5.41) is 5.01. The first kappa shape index (κ1) is 20.4. The number of nitrogens with zero attached hydrogens (tertiary/aromatic N) is 7. The van der Waals surface area contributed by atoms with E-state index in [0.717, 1.165) is 77.5 Å². The highest BCUT2D eigenvalue weighted by Gasteiger charge is 2.23. The van der Waals surface area contributed by atoms with Gasteiger partial charge in [0.25, 0.3) is 0 Å². The molecule has 7 nitrogen and oxygen atoms in total. The van der Waals surface area contributed by atoms with Crippen molar-refractivity contribution in [2.45, 2.75) is 34.6 Å². The molecule has 1 fully saturated rings. The van der Waals surface area contributed by atoms with Gasteiger partial charge in [0, 0.05) is 60.5 Å². The summed E-state index contributed by atoms with van der Waals surface area (Å²) in [4.78, 5) is 18.8. The van der Waals surface area contributed by atoms with Gasteiger partial charge in [-0.1, -0.05) is 23.8 Å². The van der Waals surface area contributed by atoms with Crippen LogP contribution in [-0.4, -0.2) is 50.7 Å². The number of hydrogen-bond donors (Lipinski definition) is 0. The van der Waals surface area contributed by atoms with E-state index in [9.17, 15) is 0 Å². The number of fused-ring (bicyclic) bond motifs is 1. The molecule has 1 aliphatic heterocycles. The SMILES string of the molecule is Cc1cccc(-c2nn3c(N4CCN(c5nc(C)cc(C)n5)CC4)cc(C)nc3c2C)c1. The van der Waals surface area contributed by atoms with Gasteiger partial charge in [-0.25, -0.2) is 15.0 Å². The van der Waals surface area contributed by atoms with E-state index in [4.69, 9.17) is 10.1 Å². The van der Waals surface area contributed by atoms with Gasteiger partial charge in [-0.15, -0.1) is 0 Å². The van der Waals surface area contributed by atoms with Crippen LogP contribution in [-0.2, 0) is 0 Å². The topological polar surface area (TPSA) is 62.5 Å². The highest BCUT2D eigenvalue weighted by Crippen LogP contribution is 2.29. The zero-order valence-electron chi connectivity index (χ0n) is 19.4. The van der Waals surface area contributed by atoms with Crippen molar-refractivity contribution in [2.24, 2.45) is 0 Å². The van der Waals surface area contributed by atoms with Crippen molar-refractivity contribution in [3.8, 4) is 11.3 Å². The molecule has 5 rings (SSSR count). The Bertz CT molecular complexity index is 1280. The molecule has 0 unspecified atom stereocenters. The zero-order valence-corrected chi connectivity index (χ0v) is 19.4. The van der Waals surface area contributed by atoms with E-state index in [-0.39, 0.29) is 0 Å². The molecule has 0 atom stereocenters. The van der Waals surface area contributed by atoms with Crippen LogP contribution in [0.4, 0.5) is 11.8 Å². The van der Waals surface area contributed by atoms with Gasteiger partial charge in [0.1, 0.15) is 5.82 Å². The van der Waals surface area contributed by atoms with E-state index < -0.39 is 0 Å². The van der Waals surface area contributed by atoms with Crippen LogP contribution in [0.3, 0.4) is 0 Å². The Morgan fingerprint density at radius 2 is 1.38 bits per heavy atom. The molecule has 7 heteroatoms. The van der Waals surface area contributed by atoms with Crippen molar-refractivity contribution in [3.05, 3.63) is 64.6 Å². The Kier molecular flexibility index (Phi) is 5.04. The van der Waals surface area contributed by atoms with Gasteiger partial charge >= 0.3 is 0 Å². The van der Waals surface area contributed by atoms with Crippen molar-refractivity contribution in [1.82, 2.24) is 24.6 Å². The fraction of sp³-hybridized carbons (Fsp3) is 0.360. The smallest absolute Gasteiger partial charge is 0.225 e. The Morgan fingerprint density at radius 3 is 2.06 bits per heavy atom. The van der Waals surface area contributed by atoms with Crippen molar-refractivity contribution < 1.29 is 0 Å². The third kappa shape index (κ3) is 3.68. The second-order valence-electron chi connectivity index (χ2n) is 8.76. The first-order chi connectivity index (χ1) is 15.4. The third-order valence-corrected chi connectivity index (χ3v) is 6.08. The van der Waals surface area contributed by atoms with Crippen LogP contribution < -0.4 is 9.80 Å². The summed E-state index contributed by atoms with van der Waals surface area (Å²) < 4.78 is 2.02. The molecular weight excluding hydrogens is 398 g/mol. The second kappa shape index (κ2) is 7.89. The van der Waals surface area contributed by atoms with Crippen molar-refractivity contribution in [3.63, 3.8) is 0 Å². The van der Waals surface area contributed by atoms with Crippen LogP contribution in [0.5, 0.6) is 0 Å². The van der Waals surface area contributed by atoms with Gasteiger partial charge in [-0.2, -0.15) is 9.61 Å². The minimum absolute atomic E-state index is 0.829. The number of aryl methyl sites for hydroxylation is 5. The lowest BCUT2D eigenvalue weighted by Crippen LogP contribution is -2.47. The molecule has 32 heavy (non-hydrogen) atoms. The number of benzene rings is 1. The van der Waals surface area contributed by atoms with E-state index in [1.807, 2.05) is 24.4 Å². The molecule has 0 bridgehead atoms. The molecule has 4 heterocycles. The fourth-order valence-electron chi connectivity index (χ4n) is 4.50. The van der Waals surface area contributed by atoms with Gasteiger partial charge in [0.2, 0.25) is 5.95 Å². The van der Waals surface area contributed by atoms with Crippen LogP contribution in [0.25, 0.3) is 16.9 Å². The molecule has 0 amide bonds. The first-order valence-corrected chi connectivity index (χ1v) is 11.2. The zero-order chi connectivity index (χ0) is 22.4. The van der Waals surface area contributed by atoms with Gasteiger partial charge in [-0.05, 0) is 46.8 Å². The van der Waals surface area contributed by atoms with E-state index in [2.05, 4.69) is 70.9 Å². The lowest BCUT2D eigenvalue weighted by molar-refractivity contribution is 0.625. The standard InChI is InChI=1S/C25H29N7/c1-16-7-6-8-21(13-16)23-20(5)24-26-19(4)15-22(32(24)29-23)30-9-11-31(12-10-30)25-27-17(2)14-18(3)28-25/h6-8,13-15H,9-12H2,1-5H3. The van der Waals surface area contributed by atoms with E-state index in [1.165, 1.54) is 5.56 Å². The highest BCUT2D eigenvalue weighted by molar-refractivity contribution is 5.72. The van der Waals surface area contributed by atoms with Gasteiger partial charge in [0.15, 0.2) is 5.65 Å². The maximum Gasteiger partial charge on any atom is 0.225 e. The maximum atomic E-state index is 5.01. The Morgan fingerprint density at radius 1 is 0.719 bits per heavy atom. The molecular formula is C25H29N7. The molecule has 164 valence electrons. The van der Waals surface area contributed by atoms with Gasteiger partial charge in [-0.3, -0.25) is 0 Å². The van der Waals surface area contributed by atoms with Crippen molar-refractivity contribution in [1.29, 1.82) is 0 Å². The number of hydrogen-bond acceptors (Lipinski definition) is 6. The first-order valence-electron chi connectivity index (χ1n) is 11.2. The van der Waals surface area contributed by atoms with E-state index >= 15 is 0 Å². The molecule has 0 N–H and O–H groups in total. The van der Waals surface area contributed by atoms with Crippen LogP contribution in [0, 0.1) is 34.6 Å². The summed E-state index contributed by atoms with van der Waals surface area (Å²) in [6, 6.07) is 12.7. The molecule has 0 radical (unpaired) electrons. The second-order valence-corrected chi connectivity index (χ2v) is 8.76. The molecule has 3 aromatic heterocycles. The number of rotatable bonds is 3. The summed E-state index contributed by atoms with van der Waals surface area (Å²) >= 11 is 0. The van der Waals surface area contributed by atoms with Crippen LogP contribution in [0.15, 0.2) is 36.4 Å². The van der Waals surface area contributed by atoms with Crippen molar-refractivity contribution >= 4 is 17.4 Å². The summed E-state index contributed by atoms with van der Waals surface area (Å²) in [6.45, 7) is 13.8. The highest BCUT2D eigenvalue weighted by atomic mass is 15.4. The minimum Gasteiger partial charge on any atom is -0.353 e. The Labute approximate surface area is 188 Å². The average molecular weight is 428 g/mol. The van der Waals surface area contributed by atoms with Crippen LogP contribution in [0.2, 0.25) is 0 Å². The molecule has 1 aromatic carbocycles. The van der Waals surface area contributed by atoms with Gasteiger partial charge in [0.05, 0.1) is 5.69 Å². The predicted molar refractivity (Wildman–Crippen MR) is 129 cm³/mol. The Hall–Kier alpha value is -3.48. The number of anilines is 2.